The van der Waals surface area contributed by atoms with E-state index < -0.39 is 0 Å². The molecule has 0 saturated carbocycles. The molecule has 0 spiro atoms. The van der Waals surface area contributed by atoms with E-state index in [2.05, 4.69) is 26.4 Å². The van der Waals surface area contributed by atoms with Crippen LogP contribution in [0.3, 0.4) is 0 Å². The first-order valence-corrected chi connectivity index (χ1v) is 11.4. The summed E-state index contributed by atoms with van der Waals surface area (Å²) in [6.45, 7) is 4.12. The SMILES string of the molecule is Cn1ncc(-c2ccc3cnc(CC(=O)[C@H]4CCCN4)cc3n2)c1CN1CCCCC1. The number of fused-ring (bicyclic) bond motifs is 1. The summed E-state index contributed by atoms with van der Waals surface area (Å²) in [5, 5.41) is 8.79. The molecule has 3 aromatic rings. The topological polar surface area (TPSA) is 75.9 Å². The molecule has 7 nitrogen and oxygen atoms in total. The summed E-state index contributed by atoms with van der Waals surface area (Å²) in [4.78, 5) is 24.5. The number of pyridine rings is 2. The zero-order valence-electron chi connectivity index (χ0n) is 18.2. The lowest BCUT2D eigenvalue weighted by molar-refractivity contribution is -0.120. The van der Waals surface area contributed by atoms with E-state index in [-0.39, 0.29) is 11.8 Å². The molecule has 1 atom stereocenters. The largest absolute Gasteiger partial charge is 0.307 e. The number of piperidine rings is 1. The first-order chi connectivity index (χ1) is 15.2. The minimum absolute atomic E-state index is 0.0236. The van der Waals surface area contributed by atoms with Crippen molar-refractivity contribution >= 4 is 16.7 Å². The molecule has 0 aromatic carbocycles. The average molecular weight is 419 g/mol. The maximum Gasteiger partial charge on any atom is 0.155 e. The molecule has 5 rings (SSSR count). The second kappa shape index (κ2) is 8.85. The van der Waals surface area contributed by atoms with Crippen molar-refractivity contribution in [1.29, 1.82) is 0 Å². The molecule has 0 aliphatic carbocycles. The normalized spacial score (nSPS) is 19.8. The van der Waals surface area contributed by atoms with E-state index in [9.17, 15) is 4.79 Å². The Morgan fingerprint density at radius 1 is 1.16 bits per heavy atom. The molecule has 0 amide bonds. The Morgan fingerprint density at radius 3 is 2.84 bits per heavy atom. The molecular formula is C24H30N6O. The highest BCUT2D eigenvalue weighted by molar-refractivity contribution is 5.87. The van der Waals surface area contributed by atoms with Crippen LogP contribution >= 0.6 is 0 Å². The molecule has 7 heteroatoms. The lowest BCUT2D eigenvalue weighted by atomic mass is 10.0. The van der Waals surface area contributed by atoms with Crippen LogP contribution < -0.4 is 5.32 Å². The quantitative estimate of drug-likeness (QED) is 0.663. The molecule has 162 valence electrons. The third kappa shape index (κ3) is 4.38. The highest BCUT2D eigenvalue weighted by atomic mass is 16.1. The number of hydrogen-bond acceptors (Lipinski definition) is 6. The molecule has 2 saturated heterocycles. The zero-order valence-corrected chi connectivity index (χ0v) is 18.2. The number of nitrogens with one attached hydrogen (secondary N) is 1. The Hall–Kier alpha value is -2.64. The van der Waals surface area contributed by atoms with Gasteiger partial charge in [0.2, 0.25) is 0 Å². The van der Waals surface area contributed by atoms with E-state index in [0.717, 1.165) is 66.9 Å². The Labute approximate surface area is 182 Å². The van der Waals surface area contributed by atoms with Gasteiger partial charge in [0.15, 0.2) is 5.78 Å². The first-order valence-electron chi connectivity index (χ1n) is 11.4. The van der Waals surface area contributed by atoms with Crippen molar-refractivity contribution in [2.24, 2.45) is 7.05 Å². The molecule has 0 bridgehead atoms. The van der Waals surface area contributed by atoms with Gasteiger partial charge in [-0.1, -0.05) is 6.42 Å². The Kier molecular flexibility index (Phi) is 5.78. The predicted molar refractivity (Wildman–Crippen MR) is 121 cm³/mol. The minimum atomic E-state index is -0.0236. The van der Waals surface area contributed by atoms with Crippen molar-refractivity contribution in [3.05, 3.63) is 42.0 Å². The molecule has 2 aliphatic heterocycles. The summed E-state index contributed by atoms with van der Waals surface area (Å²) < 4.78 is 1.97. The number of hydrogen-bond donors (Lipinski definition) is 1. The molecule has 3 aromatic heterocycles. The van der Waals surface area contributed by atoms with Crippen molar-refractivity contribution in [1.82, 2.24) is 30.0 Å². The van der Waals surface area contributed by atoms with E-state index in [1.807, 2.05) is 36.3 Å². The number of ketones is 1. The summed E-state index contributed by atoms with van der Waals surface area (Å²) in [5.41, 5.74) is 4.87. The van der Waals surface area contributed by atoms with Gasteiger partial charge in [0.1, 0.15) is 0 Å². The maximum absolute atomic E-state index is 12.5. The number of Topliss-reactive ketones (excluding diaryl/α,β-unsaturated/α-hetero) is 1. The van der Waals surface area contributed by atoms with Crippen LogP contribution in [0.15, 0.2) is 30.6 Å². The van der Waals surface area contributed by atoms with Gasteiger partial charge in [-0.05, 0) is 63.5 Å². The van der Waals surface area contributed by atoms with Crippen LogP contribution in [-0.2, 0) is 24.8 Å². The molecular weight excluding hydrogens is 388 g/mol. The van der Waals surface area contributed by atoms with Gasteiger partial charge in [-0.25, -0.2) is 4.98 Å². The van der Waals surface area contributed by atoms with Crippen molar-refractivity contribution in [3.8, 4) is 11.3 Å². The Morgan fingerprint density at radius 2 is 2.03 bits per heavy atom. The van der Waals surface area contributed by atoms with Crippen LogP contribution in [0.1, 0.15) is 43.5 Å². The van der Waals surface area contributed by atoms with E-state index in [4.69, 9.17) is 4.98 Å². The monoisotopic (exact) mass is 418 g/mol. The fourth-order valence-corrected chi connectivity index (χ4v) is 4.76. The molecule has 31 heavy (non-hydrogen) atoms. The average Bonchev–Trinajstić information content (AvgIpc) is 3.45. The molecule has 0 unspecified atom stereocenters. The zero-order chi connectivity index (χ0) is 21.2. The van der Waals surface area contributed by atoms with Crippen LogP contribution in [0.5, 0.6) is 0 Å². The number of carbonyl (C=O) groups excluding carboxylic acids is 1. The Balaban J connectivity index is 1.41. The van der Waals surface area contributed by atoms with E-state index in [0.29, 0.717) is 6.42 Å². The van der Waals surface area contributed by atoms with Crippen LogP contribution in [0.4, 0.5) is 0 Å². The van der Waals surface area contributed by atoms with Gasteiger partial charge in [0, 0.05) is 36.4 Å². The van der Waals surface area contributed by atoms with Crippen LogP contribution in [0, 0.1) is 0 Å². The number of aryl methyl sites for hydroxylation is 1. The predicted octanol–water partition coefficient (Wildman–Crippen LogP) is 2.88. The number of likely N-dealkylation sites (tertiary alicyclic amines) is 1. The van der Waals surface area contributed by atoms with Crippen molar-refractivity contribution < 1.29 is 4.79 Å². The van der Waals surface area contributed by atoms with Crippen molar-refractivity contribution in [3.63, 3.8) is 0 Å². The number of rotatable bonds is 6. The number of nitrogens with zero attached hydrogens (tertiary/aromatic N) is 5. The number of aromatic nitrogens is 4. The molecule has 0 radical (unpaired) electrons. The van der Waals surface area contributed by atoms with E-state index in [1.165, 1.54) is 25.0 Å². The summed E-state index contributed by atoms with van der Waals surface area (Å²) in [6, 6.07) is 6.05. The van der Waals surface area contributed by atoms with Crippen LogP contribution in [-0.4, -0.2) is 56.1 Å². The molecule has 1 N–H and O–H groups in total. The van der Waals surface area contributed by atoms with Gasteiger partial charge >= 0.3 is 0 Å². The molecule has 2 fully saturated rings. The van der Waals surface area contributed by atoms with E-state index in [1.54, 1.807) is 0 Å². The third-order valence-electron chi connectivity index (χ3n) is 6.59. The van der Waals surface area contributed by atoms with Crippen LogP contribution in [0.25, 0.3) is 22.2 Å². The third-order valence-corrected chi connectivity index (χ3v) is 6.59. The minimum Gasteiger partial charge on any atom is -0.307 e. The fraction of sp³-hybridized carbons (Fsp3) is 0.500. The van der Waals surface area contributed by atoms with E-state index >= 15 is 0 Å². The second-order valence-electron chi connectivity index (χ2n) is 8.82. The van der Waals surface area contributed by atoms with Gasteiger partial charge in [0.05, 0.1) is 35.6 Å². The van der Waals surface area contributed by atoms with Crippen molar-refractivity contribution in [2.75, 3.05) is 19.6 Å². The summed E-state index contributed by atoms with van der Waals surface area (Å²) in [7, 11) is 2.01. The van der Waals surface area contributed by atoms with Gasteiger partial charge in [-0.15, -0.1) is 0 Å². The van der Waals surface area contributed by atoms with Gasteiger partial charge in [0.25, 0.3) is 0 Å². The lowest BCUT2D eigenvalue weighted by Crippen LogP contribution is -2.32. The highest BCUT2D eigenvalue weighted by Crippen LogP contribution is 2.26. The second-order valence-corrected chi connectivity index (χ2v) is 8.82. The Bertz CT molecular complexity index is 1080. The van der Waals surface area contributed by atoms with Gasteiger partial charge < -0.3 is 5.32 Å². The van der Waals surface area contributed by atoms with Crippen molar-refractivity contribution in [2.45, 2.75) is 51.1 Å². The summed E-state index contributed by atoms with van der Waals surface area (Å²) >= 11 is 0. The lowest BCUT2D eigenvalue weighted by Gasteiger charge is -2.26. The molecule has 5 heterocycles. The fourth-order valence-electron chi connectivity index (χ4n) is 4.76. The smallest absolute Gasteiger partial charge is 0.155 e. The van der Waals surface area contributed by atoms with Gasteiger partial charge in [-0.3, -0.25) is 19.4 Å². The standard InChI is InChI=1S/C24H30N6O/c1-29-23(16-30-10-3-2-4-11-30)19(15-27-29)20-8-7-17-14-26-18(12-22(17)28-20)13-24(31)21-6-5-9-25-21/h7-8,12,14-15,21,25H,2-6,9-11,13,16H2,1H3/t21-/m1/s1. The molecule has 2 aliphatic rings. The first kappa shape index (κ1) is 20.3. The maximum atomic E-state index is 12.5. The summed E-state index contributed by atoms with van der Waals surface area (Å²) in [6.07, 6.45) is 9.97. The number of carbonyl (C=O) groups is 1. The van der Waals surface area contributed by atoms with Crippen LogP contribution in [0.2, 0.25) is 0 Å². The van der Waals surface area contributed by atoms with Gasteiger partial charge in [-0.2, -0.15) is 5.10 Å². The highest BCUT2D eigenvalue weighted by Gasteiger charge is 2.22. The summed E-state index contributed by atoms with van der Waals surface area (Å²) in [5.74, 6) is 0.219.